The number of aromatic nitrogens is 4. The van der Waals surface area contributed by atoms with Crippen LogP contribution < -0.4 is 14.8 Å². The number of oxazole rings is 1. The lowest BCUT2D eigenvalue weighted by atomic mass is 10.1. The largest absolute Gasteiger partial charge is 0.497 e. The number of ether oxygens (including phenoxy) is 3. The van der Waals surface area contributed by atoms with E-state index in [0.29, 0.717) is 22.4 Å². The molecule has 11 heteroatoms. The number of benzene rings is 1. The summed E-state index contributed by atoms with van der Waals surface area (Å²) >= 11 is 0. The van der Waals surface area contributed by atoms with Crippen LogP contribution in [-0.2, 0) is 18.3 Å². The Hall–Kier alpha value is -4.41. The summed E-state index contributed by atoms with van der Waals surface area (Å²) in [6, 6.07) is 6.95. The number of hydrogen-bond donors (Lipinski definition) is 1. The van der Waals surface area contributed by atoms with Gasteiger partial charge in [0.05, 0.1) is 32.5 Å². The predicted molar refractivity (Wildman–Crippen MR) is 121 cm³/mol. The highest BCUT2D eigenvalue weighted by Crippen LogP contribution is 2.30. The number of nitrogens with zero attached hydrogens (tertiary/aromatic N) is 4. The second-order valence-corrected chi connectivity index (χ2v) is 7.17. The van der Waals surface area contributed by atoms with Crippen LogP contribution in [-0.4, -0.2) is 52.5 Å². The van der Waals surface area contributed by atoms with Gasteiger partial charge in [-0.2, -0.15) is 5.10 Å². The van der Waals surface area contributed by atoms with Gasteiger partial charge in [-0.05, 0) is 25.1 Å². The van der Waals surface area contributed by atoms with Crippen molar-refractivity contribution >= 4 is 22.8 Å². The van der Waals surface area contributed by atoms with Gasteiger partial charge in [0.1, 0.15) is 28.6 Å². The topological polar surface area (TPSA) is 131 Å². The van der Waals surface area contributed by atoms with Crippen molar-refractivity contribution in [2.24, 2.45) is 7.05 Å². The summed E-state index contributed by atoms with van der Waals surface area (Å²) in [5.41, 5.74) is 1.98. The zero-order chi connectivity index (χ0) is 24.2. The molecular formula is C23H23N5O6. The Balaban J connectivity index is 1.68. The van der Waals surface area contributed by atoms with Crippen molar-refractivity contribution in [3.05, 3.63) is 53.9 Å². The number of nitrogens with one attached hydrogen (secondary N) is 1. The third-order valence-corrected chi connectivity index (χ3v) is 5.16. The summed E-state index contributed by atoms with van der Waals surface area (Å²) in [6.45, 7) is 2.06. The van der Waals surface area contributed by atoms with Crippen LogP contribution in [0.25, 0.3) is 22.3 Å². The summed E-state index contributed by atoms with van der Waals surface area (Å²) in [7, 11) is 4.85. The highest BCUT2D eigenvalue weighted by atomic mass is 16.5. The Morgan fingerprint density at radius 1 is 1.15 bits per heavy atom. The number of hydrogen-bond acceptors (Lipinski definition) is 9. The Labute approximate surface area is 194 Å². The molecule has 1 amide bonds. The van der Waals surface area contributed by atoms with Crippen LogP contribution in [0, 0.1) is 0 Å². The van der Waals surface area contributed by atoms with Crippen molar-refractivity contribution in [2.45, 2.75) is 13.5 Å². The van der Waals surface area contributed by atoms with Gasteiger partial charge in [0.2, 0.25) is 5.76 Å². The number of rotatable bonds is 8. The molecule has 0 atom stereocenters. The number of fused-ring (bicyclic) bond motifs is 1. The number of aryl methyl sites for hydroxylation is 1. The minimum absolute atomic E-state index is 0.0972. The molecule has 0 bridgehead atoms. The molecule has 1 aromatic carbocycles. The maximum absolute atomic E-state index is 13.1. The SMILES string of the molecule is CCOC(=O)c1ocnc1-c1nc(C(=O)NCc2ccc(OC)cc2OC)cc2c1cnn2C. The molecule has 0 unspecified atom stereocenters. The number of methoxy groups -OCH3 is 2. The van der Waals surface area contributed by atoms with Crippen LogP contribution in [0.2, 0.25) is 0 Å². The quantitative estimate of drug-likeness (QED) is 0.390. The van der Waals surface area contributed by atoms with Gasteiger partial charge in [0, 0.05) is 30.6 Å². The normalized spacial score (nSPS) is 10.8. The Morgan fingerprint density at radius 2 is 1.97 bits per heavy atom. The van der Waals surface area contributed by atoms with Gasteiger partial charge in [-0.15, -0.1) is 0 Å². The van der Waals surface area contributed by atoms with E-state index in [-0.39, 0.29) is 36.0 Å². The van der Waals surface area contributed by atoms with E-state index in [2.05, 4.69) is 20.4 Å². The zero-order valence-electron chi connectivity index (χ0n) is 19.1. The number of carbonyl (C=O) groups excluding carboxylic acids is 2. The van der Waals surface area contributed by atoms with Gasteiger partial charge in [0.15, 0.2) is 6.39 Å². The average molecular weight is 465 g/mol. The van der Waals surface area contributed by atoms with E-state index >= 15 is 0 Å². The molecule has 34 heavy (non-hydrogen) atoms. The number of pyridine rings is 1. The summed E-state index contributed by atoms with van der Waals surface area (Å²) in [5.74, 6) is 0.0284. The Morgan fingerprint density at radius 3 is 2.71 bits per heavy atom. The van der Waals surface area contributed by atoms with E-state index in [1.54, 1.807) is 57.3 Å². The molecule has 0 radical (unpaired) electrons. The van der Waals surface area contributed by atoms with Gasteiger partial charge >= 0.3 is 5.97 Å². The van der Waals surface area contributed by atoms with Gasteiger partial charge < -0.3 is 23.9 Å². The van der Waals surface area contributed by atoms with Crippen molar-refractivity contribution < 1.29 is 28.2 Å². The third kappa shape index (κ3) is 4.27. The molecule has 0 aliphatic heterocycles. The molecule has 0 aliphatic rings. The molecule has 4 rings (SSSR count). The zero-order valence-corrected chi connectivity index (χ0v) is 19.1. The lowest BCUT2D eigenvalue weighted by Gasteiger charge is -2.12. The fourth-order valence-electron chi connectivity index (χ4n) is 3.46. The van der Waals surface area contributed by atoms with Crippen LogP contribution in [0.15, 0.2) is 41.3 Å². The standard InChI is InChI=1S/C23H23N5O6/c1-5-33-23(30)21-20(25-12-34-21)19-15-11-26-28(2)17(15)9-16(27-19)22(29)24-10-13-6-7-14(31-3)8-18(13)32-4/h6-9,11-12H,5,10H2,1-4H3,(H,24,29). The highest BCUT2D eigenvalue weighted by Gasteiger charge is 2.25. The predicted octanol–water partition coefficient (Wildman–Crippen LogP) is 2.75. The molecule has 4 aromatic rings. The summed E-state index contributed by atoms with van der Waals surface area (Å²) < 4.78 is 22.5. The lowest BCUT2D eigenvalue weighted by Crippen LogP contribution is -2.24. The fraction of sp³-hybridized carbons (Fsp3) is 0.261. The molecule has 0 saturated heterocycles. The van der Waals surface area contributed by atoms with E-state index in [4.69, 9.17) is 18.6 Å². The molecule has 1 N–H and O–H groups in total. The minimum Gasteiger partial charge on any atom is -0.497 e. The van der Waals surface area contributed by atoms with Crippen LogP contribution >= 0.6 is 0 Å². The fourth-order valence-corrected chi connectivity index (χ4v) is 3.46. The van der Waals surface area contributed by atoms with E-state index < -0.39 is 11.9 Å². The highest BCUT2D eigenvalue weighted by molar-refractivity contribution is 6.02. The lowest BCUT2D eigenvalue weighted by molar-refractivity contribution is 0.0491. The van der Waals surface area contributed by atoms with Gasteiger partial charge in [0.25, 0.3) is 5.91 Å². The first kappa shape index (κ1) is 22.8. The maximum atomic E-state index is 13.1. The number of amides is 1. The second-order valence-electron chi connectivity index (χ2n) is 7.17. The van der Waals surface area contributed by atoms with E-state index in [9.17, 15) is 9.59 Å². The van der Waals surface area contributed by atoms with E-state index in [0.717, 1.165) is 12.0 Å². The molecule has 3 aromatic heterocycles. The molecule has 0 aliphatic carbocycles. The molecule has 176 valence electrons. The van der Waals surface area contributed by atoms with Crippen molar-refractivity contribution in [1.82, 2.24) is 25.1 Å². The second kappa shape index (κ2) is 9.61. The molecule has 3 heterocycles. The van der Waals surface area contributed by atoms with E-state index in [1.165, 1.54) is 0 Å². The molecule has 0 fully saturated rings. The van der Waals surface area contributed by atoms with E-state index in [1.807, 2.05) is 6.07 Å². The van der Waals surface area contributed by atoms with Crippen molar-refractivity contribution in [2.75, 3.05) is 20.8 Å². The van der Waals surface area contributed by atoms with Crippen molar-refractivity contribution in [3.63, 3.8) is 0 Å². The van der Waals surface area contributed by atoms with Crippen molar-refractivity contribution in [1.29, 1.82) is 0 Å². The Kier molecular flexibility index (Phi) is 6.44. The summed E-state index contributed by atoms with van der Waals surface area (Å²) in [5, 5.41) is 7.71. The van der Waals surface area contributed by atoms with Crippen LogP contribution in [0.3, 0.4) is 0 Å². The molecule has 11 nitrogen and oxygen atoms in total. The number of carbonyl (C=O) groups is 2. The smallest absolute Gasteiger partial charge is 0.376 e. The van der Waals surface area contributed by atoms with Gasteiger partial charge in [-0.25, -0.2) is 14.8 Å². The monoisotopic (exact) mass is 465 g/mol. The first-order valence-corrected chi connectivity index (χ1v) is 10.4. The van der Waals surface area contributed by atoms with Gasteiger partial charge in [-0.1, -0.05) is 0 Å². The van der Waals surface area contributed by atoms with Gasteiger partial charge in [-0.3, -0.25) is 9.48 Å². The first-order valence-electron chi connectivity index (χ1n) is 10.4. The molecule has 0 saturated carbocycles. The van der Waals surface area contributed by atoms with Crippen LogP contribution in [0.5, 0.6) is 11.5 Å². The van der Waals surface area contributed by atoms with Crippen molar-refractivity contribution in [3.8, 4) is 22.9 Å². The molecule has 0 spiro atoms. The minimum atomic E-state index is -0.671. The summed E-state index contributed by atoms with van der Waals surface area (Å²) in [6.07, 6.45) is 2.72. The number of esters is 1. The third-order valence-electron chi connectivity index (χ3n) is 5.16. The summed E-state index contributed by atoms with van der Waals surface area (Å²) in [4.78, 5) is 34.0. The van der Waals surface area contributed by atoms with Crippen LogP contribution in [0.1, 0.15) is 33.5 Å². The van der Waals surface area contributed by atoms with Crippen LogP contribution in [0.4, 0.5) is 0 Å². The average Bonchev–Trinajstić information content (AvgIpc) is 3.49. The maximum Gasteiger partial charge on any atom is 0.376 e. The Bertz CT molecular complexity index is 1360. The molecular weight excluding hydrogens is 442 g/mol. The first-order chi connectivity index (χ1) is 16.5.